The molecular weight excluding hydrogens is 297 g/mol. The predicted octanol–water partition coefficient (Wildman–Crippen LogP) is 3.85. The third kappa shape index (κ3) is 2.91. The lowest BCUT2D eigenvalue weighted by atomic mass is 9.94. The average Bonchev–Trinajstić information content (AvgIpc) is 2.41. The molecule has 1 heterocycles. The lowest BCUT2D eigenvalue weighted by Crippen LogP contribution is -2.38. The summed E-state index contributed by atoms with van der Waals surface area (Å²) in [6, 6.07) is 4.56. The molecule has 0 aromatic heterocycles. The van der Waals surface area contributed by atoms with Crippen molar-refractivity contribution in [3.63, 3.8) is 0 Å². The Labute approximate surface area is 115 Å². The van der Waals surface area contributed by atoms with Crippen LogP contribution in [-0.4, -0.2) is 23.9 Å². The van der Waals surface area contributed by atoms with E-state index < -0.39 is 0 Å². The highest BCUT2D eigenvalue weighted by Crippen LogP contribution is 2.22. The predicted molar refractivity (Wildman–Crippen MR) is 73.0 cm³/mol. The van der Waals surface area contributed by atoms with E-state index in [1.54, 1.807) is 12.1 Å². The van der Waals surface area contributed by atoms with Gasteiger partial charge in [-0.3, -0.25) is 4.79 Å². The van der Waals surface area contributed by atoms with Crippen LogP contribution >= 0.6 is 15.9 Å². The van der Waals surface area contributed by atoms with Gasteiger partial charge < -0.3 is 4.90 Å². The lowest BCUT2D eigenvalue weighted by molar-refractivity contribution is 0.0688. The zero-order valence-corrected chi connectivity index (χ0v) is 12.0. The average molecular weight is 314 g/mol. The summed E-state index contributed by atoms with van der Waals surface area (Å²) in [5.41, 5.74) is 0.436. The van der Waals surface area contributed by atoms with Crippen LogP contribution in [0.1, 0.15) is 36.5 Å². The second-order valence-electron chi connectivity index (χ2n) is 4.77. The summed E-state index contributed by atoms with van der Waals surface area (Å²) in [4.78, 5) is 14.0. The molecule has 1 amide bonds. The number of amides is 1. The van der Waals surface area contributed by atoms with Crippen molar-refractivity contribution in [2.45, 2.75) is 26.2 Å². The fourth-order valence-electron chi connectivity index (χ4n) is 2.36. The van der Waals surface area contributed by atoms with Gasteiger partial charge in [0, 0.05) is 18.7 Å². The summed E-state index contributed by atoms with van der Waals surface area (Å²) in [6.45, 7) is 3.76. The SMILES string of the molecule is CCC1CCN(C(=O)c2ccc(Br)c(F)c2)CC1. The van der Waals surface area contributed by atoms with E-state index in [1.165, 1.54) is 12.5 Å². The van der Waals surface area contributed by atoms with Gasteiger partial charge in [0.05, 0.1) is 4.47 Å². The third-order valence-corrected chi connectivity index (χ3v) is 4.29. The molecule has 1 aromatic rings. The maximum absolute atomic E-state index is 13.4. The largest absolute Gasteiger partial charge is 0.339 e. The van der Waals surface area contributed by atoms with Crippen molar-refractivity contribution >= 4 is 21.8 Å². The van der Waals surface area contributed by atoms with Crippen molar-refractivity contribution in [1.29, 1.82) is 0 Å². The third-order valence-electron chi connectivity index (χ3n) is 3.65. The smallest absolute Gasteiger partial charge is 0.253 e. The van der Waals surface area contributed by atoms with Gasteiger partial charge >= 0.3 is 0 Å². The second-order valence-corrected chi connectivity index (χ2v) is 5.63. The molecule has 0 radical (unpaired) electrons. The standard InChI is InChI=1S/C14H17BrFNO/c1-2-10-5-7-17(8-6-10)14(18)11-3-4-12(15)13(16)9-11/h3-4,9-10H,2,5-8H2,1H3. The molecule has 1 aliphatic heterocycles. The Balaban J connectivity index is 2.05. The van der Waals surface area contributed by atoms with E-state index in [-0.39, 0.29) is 11.7 Å². The molecule has 0 bridgehead atoms. The first kappa shape index (κ1) is 13.5. The highest BCUT2D eigenvalue weighted by atomic mass is 79.9. The van der Waals surface area contributed by atoms with E-state index in [4.69, 9.17) is 0 Å². The van der Waals surface area contributed by atoms with E-state index in [2.05, 4.69) is 22.9 Å². The minimum atomic E-state index is -0.385. The molecule has 1 aliphatic rings. The van der Waals surface area contributed by atoms with Crippen molar-refractivity contribution in [2.75, 3.05) is 13.1 Å². The molecule has 0 atom stereocenters. The highest BCUT2D eigenvalue weighted by molar-refractivity contribution is 9.10. The van der Waals surface area contributed by atoms with Crippen LogP contribution in [0.25, 0.3) is 0 Å². The number of benzene rings is 1. The number of nitrogens with zero attached hydrogens (tertiary/aromatic N) is 1. The Morgan fingerprint density at radius 3 is 2.67 bits per heavy atom. The van der Waals surface area contributed by atoms with Gasteiger partial charge in [0.2, 0.25) is 0 Å². The number of rotatable bonds is 2. The topological polar surface area (TPSA) is 20.3 Å². The number of piperidine rings is 1. The Bertz CT molecular complexity index is 441. The fourth-order valence-corrected chi connectivity index (χ4v) is 2.60. The maximum atomic E-state index is 13.4. The van der Waals surface area contributed by atoms with Crippen molar-refractivity contribution in [3.8, 4) is 0 Å². The Kier molecular flexibility index (Phi) is 4.38. The van der Waals surface area contributed by atoms with E-state index >= 15 is 0 Å². The molecule has 2 nitrogen and oxygen atoms in total. The lowest BCUT2D eigenvalue weighted by Gasteiger charge is -2.31. The maximum Gasteiger partial charge on any atom is 0.253 e. The molecule has 0 aliphatic carbocycles. The van der Waals surface area contributed by atoms with Crippen LogP contribution in [0.2, 0.25) is 0 Å². The molecule has 0 saturated carbocycles. The molecule has 1 aromatic carbocycles. The monoisotopic (exact) mass is 313 g/mol. The van der Waals surface area contributed by atoms with Crippen LogP contribution in [0.3, 0.4) is 0 Å². The highest BCUT2D eigenvalue weighted by Gasteiger charge is 2.23. The molecule has 0 unspecified atom stereocenters. The molecule has 18 heavy (non-hydrogen) atoms. The summed E-state index contributed by atoms with van der Waals surface area (Å²) in [6.07, 6.45) is 3.29. The fraction of sp³-hybridized carbons (Fsp3) is 0.500. The molecular formula is C14H17BrFNO. The van der Waals surface area contributed by atoms with Gasteiger partial charge in [0.1, 0.15) is 5.82 Å². The molecule has 2 rings (SSSR count). The first-order valence-electron chi connectivity index (χ1n) is 6.36. The van der Waals surface area contributed by atoms with Gasteiger partial charge in [-0.15, -0.1) is 0 Å². The number of likely N-dealkylation sites (tertiary alicyclic amines) is 1. The number of hydrogen-bond acceptors (Lipinski definition) is 1. The van der Waals surface area contributed by atoms with E-state index in [1.807, 2.05) is 4.90 Å². The Hall–Kier alpha value is -0.900. The van der Waals surface area contributed by atoms with Crippen LogP contribution in [-0.2, 0) is 0 Å². The van der Waals surface area contributed by atoms with Crippen LogP contribution in [0.4, 0.5) is 4.39 Å². The molecule has 0 spiro atoms. The van der Waals surface area contributed by atoms with Crippen LogP contribution < -0.4 is 0 Å². The molecule has 4 heteroatoms. The number of halogens is 2. The van der Waals surface area contributed by atoms with Crippen molar-refractivity contribution in [3.05, 3.63) is 34.1 Å². The van der Waals surface area contributed by atoms with Gasteiger partial charge in [-0.05, 0) is 52.9 Å². The number of hydrogen-bond donors (Lipinski definition) is 0. The number of carbonyl (C=O) groups is 1. The van der Waals surface area contributed by atoms with Gasteiger partial charge in [0.15, 0.2) is 0 Å². The summed E-state index contributed by atoms with van der Waals surface area (Å²) < 4.78 is 13.8. The molecule has 0 N–H and O–H groups in total. The van der Waals surface area contributed by atoms with Crippen molar-refractivity contribution < 1.29 is 9.18 Å². The summed E-state index contributed by atoms with van der Waals surface area (Å²) in [7, 11) is 0. The second kappa shape index (κ2) is 5.83. The minimum absolute atomic E-state index is 0.0593. The first-order chi connectivity index (χ1) is 8.61. The first-order valence-corrected chi connectivity index (χ1v) is 7.15. The zero-order valence-electron chi connectivity index (χ0n) is 10.5. The van der Waals surface area contributed by atoms with Crippen molar-refractivity contribution in [2.24, 2.45) is 5.92 Å². The van der Waals surface area contributed by atoms with Crippen LogP contribution in [0.15, 0.2) is 22.7 Å². The van der Waals surface area contributed by atoms with E-state index in [0.29, 0.717) is 10.0 Å². The Morgan fingerprint density at radius 1 is 1.44 bits per heavy atom. The van der Waals surface area contributed by atoms with Gasteiger partial charge in [0.25, 0.3) is 5.91 Å². The Morgan fingerprint density at radius 2 is 2.11 bits per heavy atom. The van der Waals surface area contributed by atoms with Crippen LogP contribution in [0, 0.1) is 11.7 Å². The minimum Gasteiger partial charge on any atom is -0.339 e. The summed E-state index contributed by atoms with van der Waals surface area (Å²) >= 11 is 3.09. The van der Waals surface area contributed by atoms with Gasteiger partial charge in [-0.1, -0.05) is 13.3 Å². The van der Waals surface area contributed by atoms with Crippen molar-refractivity contribution in [1.82, 2.24) is 4.90 Å². The zero-order chi connectivity index (χ0) is 13.1. The number of carbonyl (C=O) groups excluding carboxylic acids is 1. The molecule has 98 valence electrons. The molecule has 1 fully saturated rings. The van der Waals surface area contributed by atoms with Gasteiger partial charge in [-0.25, -0.2) is 4.39 Å². The normalized spacial score (nSPS) is 16.9. The van der Waals surface area contributed by atoms with Gasteiger partial charge in [-0.2, -0.15) is 0 Å². The van der Waals surface area contributed by atoms with E-state index in [0.717, 1.165) is 31.8 Å². The van der Waals surface area contributed by atoms with E-state index in [9.17, 15) is 9.18 Å². The molecule has 1 saturated heterocycles. The quantitative estimate of drug-likeness (QED) is 0.812. The summed E-state index contributed by atoms with van der Waals surface area (Å²) in [5, 5.41) is 0. The summed E-state index contributed by atoms with van der Waals surface area (Å²) in [5.74, 6) is 0.288. The van der Waals surface area contributed by atoms with Crippen LogP contribution in [0.5, 0.6) is 0 Å².